The molecule has 71 heavy (non-hydrogen) atoms. The van der Waals surface area contributed by atoms with Crippen LogP contribution >= 0.6 is 0 Å². The standard InChI is InChI=1S/C65H125NO5/c1-4-7-10-13-16-19-22-25-28-31-32-34-37-40-43-46-49-52-55-58-65(70)71-61(56-53-50-47-44-41-38-35-33-29-26-23-20-17-14-11-8-5-2)59-64(69)66-62(60-67)63(68)57-54-51-48-45-42-39-36-30-27-24-21-18-15-12-9-6-3/h17,20,26,29,61-63,67-68H,4-16,18-19,21-25,27-28,30-60H2,1-3H3,(H,66,69)/b20-17-,29-26-. The molecule has 0 bridgehead atoms. The average molecular weight is 1000 g/mol. The van der Waals surface area contributed by atoms with Crippen molar-refractivity contribution >= 4 is 11.9 Å². The first-order chi connectivity index (χ1) is 35.0. The van der Waals surface area contributed by atoms with E-state index in [1.165, 1.54) is 244 Å². The van der Waals surface area contributed by atoms with Gasteiger partial charge in [-0.2, -0.15) is 0 Å². The predicted octanol–water partition coefficient (Wildman–Crippen LogP) is 20.2. The zero-order valence-corrected chi connectivity index (χ0v) is 48.1. The number of amides is 1. The van der Waals surface area contributed by atoms with Crippen LogP contribution < -0.4 is 5.32 Å². The molecule has 3 N–H and O–H groups in total. The van der Waals surface area contributed by atoms with Crippen molar-refractivity contribution < 1.29 is 24.5 Å². The van der Waals surface area contributed by atoms with E-state index in [9.17, 15) is 19.8 Å². The lowest BCUT2D eigenvalue weighted by Gasteiger charge is -2.24. The number of unbranched alkanes of at least 4 members (excludes halogenated alkanes) is 43. The van der Waals surface area contributed by atoms with Crippen LogP contribution in [-0.4, -0.2) is 46.9 Å². The molecule has 0 spiro atoms. The van der Waals surface area contributed by atoms with Crippen LogP contribution in [-0.2, 0) is 14.3 Å². The molecule has 3 atom stereocenters. The van der Waals surface area contributed by atoms with Crippen molar-refractivity contribution in [1.29, 1.82) is 0 Å². The van der Waals surface area contributed by atoms with Gasteiger partial charge in [-0.1, -0.05) is 308 Å². The van der Waals surface area contributed by atoms with Crippen molar-refractivity contribution in [2.45, 2.75) is 373 Å². The lowest BCUT2D eigenvalue weighted by molar-refractivity contribution is -0.151. The largest absolute Gasteiger partial charge is 0.462 e. The van der Waals surface area contributed by atoms with E-state index in [4.69, 9.17) is 4.74 Å². The molecule has 6 nitrogen and oxygen atoms in total. The second-order valence-electron chi connectivity index (χ2n) is 22.2. The van der Waals surface area contributed by atoms with Crippen LogP contribution in [0.2, 0.25) is 0 Å². The number of carbonyl (C=O) groups is 2. The molecule has 0 heterocycles. The van der Waals surface area contributed by atoms with E-state index >= 15 is 0 Å². The van der Waals surface area contributed by atoms with Gasteiger partial charge in [0.05, 0.1) is 25.2 Å². The van der Waals surface area contributed by atoms with Crippen LogP contribution in [0.3, 0.4) is 0 Å². The summed E-state index contributed by atoms with van der Waals surface area (Å²) in [6.07, 6.45) is 71.1. The molecular formula is C65H125NO5. The van der Waals surface area contributed by atoms with E-state index in [1.54, 1.807) is 0 Å². The summed E-state index contributed by atoms with van der Waals surface area (Å²) in [6.45, 7) is 6.52. The molecule has 420 valence electrons. The Labute approximate surface area is 443 Å². The van der Waals surface area contributed by atoms with Gasteiger partial charge in [-0.25, -0.2) is 0 Å². The van der Waals surface area contributed by atoms with Crippen LogP contribution in [0.1, 0.15) is 355 Å². The average Bonchev–Trinajstić information content (AvgIpc) is 3.36. The minimum atomic E-state index is -0.788. The van der Waals surface area contributed by atoms with Gasteiger partial charge in [-0.05, 0) is 57.8 Å². The molecular weight excluding hydrogens is 875 g/mol. The first-order valence-electron chi connectivity index (χ1n) is 32.1. The zero-order chi connectivity index (χ0) is 51.6. The van der Waals surface area contributed by atoms with Gasteiger partial charge in [0, 0.05) is 6.42 Å². The highest BCUT2D eigenvalue weighted by molar-refractivity contribution is 5.77. The molecule has 0 aliphatic rings. The maximum Gasteiger partial charge on any atom is 0.306 e. The molecule has 0 aromatic rings. The highest BCUT2D eigenvalue weighted by Gasteiger charge is 2.24. The Kier molecular flexibility index (Phi) is 57.8. The van der Waals surface area contributed by atoms with Crippen LogP contribution in [0, 0.1) is 0 Å². The lowest BCUT2D eigenvalue weighted by Crippen LogP contribution is -2.46. The van der Waals surface area contributed by atoms with Gasteiger partial charge < -0.3 is 20.3 Å². The van der Waals surface area contributed by atoms with Crippen molar-refractivity contribution in [1.82, 2.24) is 5.32 Å². The number of ether oxygens (including phenoxy) is 1. The fraction of sp³-hybridized carbons (Fsp3) is 0.908. The smallest absolute Gasteiger partial charge is 0.306 e. The highest BCUT2D eigenvalue weighted by atomic mass is 16.5. The number of hydrogen-bond acceptors (Lipinski definition) is 5. The van der Waals surface area contributed by atoms with E-state index in [0.29, 0.717) is 19.3 Å². The summed E-state index contributed by atoms with van der Waals surface area (Å²) in [4.78, 5) is 26.4. The predicted molar refractivity (Wildman–Crippen MR) is 310 cm³/mol. The summed E-state index contributed by atoms with van der Waals surface area (Å²) in [6, 6.07) is -0.702. The summed E-state index contributed by atoms with van der Waals surface area (Å²) < 4.78 is 5.99. The van der Waals surface area contributed by atoms with Gasteiger partial charge in [0.25, 0.3) is 0 Å². The molecule has 1 amide bonds. The molecule has 0 saturated heterocycles. The number of nitrogens with one attached hydrogen (secondary N) is 1. The van der Waals surface area contributed by atoms with E-state index < -0.39 is 18.2 Å². The molecule has 0 saturated carbocycles. The van der Waals surface area contributed by atoms with Crippen LogP contribution in [0.4, 0.5) is 0 Å². The Hall–Kier alpha value is -1.66. The number of esters is 1. The molecule has 0 aromatic heterocycles. The third kappa shape index (κ3) is 54.4. The highest BCUT2D eigenvalue weighted by Crippen LogP contribution is 2.19. The Balaban J connectivity index is 4.50. The van der Waals surface area contributed by atoms with Gasteiger partial charge in [0.1, 0.15) is 6.10 Å². The number of allylic oxidation sites excluding steroid dienone is 4. The van der Waals surface area contributed by atoms with Gasteiger partial charge in [-0.15, -0.1) is 0 Å². The van der Waals surface area contributed by atoms with E-state index in [-0.39, 0.29) is 24.9 Å². The van der Waals surface area contributed by atoms with Crippen LogP contribution in [0.5, 0.6) is 0 Å². The fourth-order valence-electron chi connectivity index (χ4n) is 10.2. The number of aliphatic hydroxyl groups excluding tert-OH is 2. The summed E-state index contributed by atoms with van der Waals surface area (Å²) in [5, 5.41) is 24.0. The topological polar surface area (TPSA) is 95.9 Å². The Bertz CT molecular complexity index is 1120. The van der Waals surface area contributed by atoms with Crippen molar-refractivity contribution in [3.05, 3.63) is 24.3 Å². The summed E-state index contributed by atoms with van der Waals surface area (Å²) in [7, 11) is 0. The molecule has 0 aliphatic heterocycles. The van der Waals surface area contributed by atoms with Gasteiger partial charge in [0.2, 0.25) is 5.91 Å². The van der Waals surface area contributed by atoms with E-state index in [1.807, 2.05) is 0 Å². The molecule has 0 fully saturated rings. The molecule has 3 unspecified atom stereocenters. The Morgan fingerprint density at radius 2 is 0.718 bits per heavy atom. The second-order valence-corrected chi connectivity index (χ2v) is 22.2. The quantitative estimate of drug-likeness (QED) is 0.0320. The SMILES string of the molecule is CCCCC/C=C\C/C=C\CCCCCCCCCC(CC(=O)NC(CO)C(O)CCCCCCCCCCCCCCCCCC)OC(=O)CCCCCCCCCCCCCCCCCCCCC. The molecule has 0 rings (SSSR count). The third-order valence-corrected chi connectivity index (χ3v) is 15.0. The van der Waals surface area contributed by atoms with Gasteiger partial charge in [-0.3, -0.25) is 9.59 Å². The van der Waals surface area contributed by atoms with Crippen molar-refractivity contribution in [2.24, 2.45) is 0 Å². The lowest BCUT2D eigenvalue weighted by atomic mass is 10.0. The van der Waals surface area contributed by atoms with Crippen molar-refractivity contribution in [3.8, 4) is 0 Å². The van der Waals surface area contributed by atoms with Gasteiger partial charge in [0.15, 0.2) is 0 Å². The summed E-state index contributed by atoms with van der Waals surface area (Å²) in [5.41, 5.74) is 0. The maximum absolute atomic E-state index is 13.3. The normalized spacial score (nSPS) is 13.1. The third-order valence-electron chi connectivity index (χ3n) is 15.0. The van der Waals surface area contributed by atoms with Crippen LogP contribution in [0.15, 0.2) is 24.3 Å². The molecule has 0 radical (unpaired) electrons. The minimum absolute atomic E-state index is 0.0787. The maximum atomic E-state index is 13.3. The number of rotatable bonds is 59. The Morgan fingerprint density at radius 3 is 1.10 bits per heavy atom. The van der Waals surface area contributed by atoms with Crippen molar-refractivity contribution in [3.63, 3.8) is 0 Å². The molecule has 6 heteroatoms. The number of hydrogen-bond donors (Lipinski definition) is 3. The van der Waals surface area contributed by atoms with E-state index in [2.05, 4.69) is 50.4 Å². The number of carbonyl (C=O) groups excluding carboxylic acids is 2. The fourth-order valence-corrected chi connectivity index (χ4v) is 10.2. The van der Waals surface area contributed by atoms with Crippen LogP contribution in [0.25, 0.3) is 0 Å². The van der Waals surface area contributed by atoms with E-state index in [0.717, 1.165) is 64.2 Å². The summed E-state index contributed by atoms with van der Waals surface area (Å²) >= 11 is 0. The monoisotopic (exact) mass is 1000 g/mol. The number of aliphatic hydroxyl groups is 2. The molecule has 0 aromatic carbocycles. The minimum Gasteiger partial charge on any atom is -0.462 e. The van der Waals surface area contributed by atoms with Gasteiger partial charge >= 0.3 is 5.97 Å². The zero-order valence-electron chi connectivity index (χ0n) is 48.1. The van der Waals surface area contributed by atoms with Crippen molar-refractivity contribution in [2.75, 3.05) is 6.61 Å². The second kappa shape index (κ2) is 59.2. The first kappa shape index (κ1) is 69.3. The first-order valence-corrected chi connectivity index (χ1v) is 32.1. The summed E-state index contributed by atoms with van der Waals surface area (Å²) in [5.74, 6) is -0.456. The Morgan fingerprint density at radius 1 is 0.408 bits per heavy atom. The molecule has 0 aliphatic carbocycles.